The van der Waals surface area contributed by atoms with Crippen molar-refractivity contribution in [3.63, 3.8) is 0 Å². The molecule has 0 aliphatic carbocycles. The Morgan fingerprint density at radius 3 is 0.640 bits per heavy atom. The molecule has 0 spiro atoms. The summed E-state index contributed by atoms with van der Waals surface area (Å²) < 4.78 is 0. The summed E-state index contributed by atoms with van der Waals surface area (Å²) in [5, 5.41) is 3.51. The molecule has 0 unspecified atom stereocenters. The van der Waals surface area contributed by atoms with Crippen LogP contribution in [0.1, 0.15) is 16.7 Å². The summed E-state index contributed by atoms with van der Waals surface area (Å²) in [4.78, 5) is 20.4. The van der Waals surface area contributed by atoms with Crippen LogP contribution >= 0.6 is 11.1 Å². The summed E-state index contributed by atoms with van der Waals surface area (Å²) in [5.41, 5.74) is 13.9. The third kappa shape index (κ3) is 6.85. The Hall–Kier alpha value is -3.63. The van der Waals surface area contributed by atoms with Gasteiger partial charge in [-0.1, -0.05) is 0 Å². The summed E-state index contributed by atoms with van der Waals surface area (Å²) in [6.07, 6.45) is 0. The third-order valence-electron chi connectivity index (χ3n) is 9.49. The van der Waals surface area contributed by atoms with E-state index in [0.29, 0.717) is 0 Å². The molecule has 9 nitrogen and oxygen atoms in total. The largest absolute Gasteiger partial charge is 0.378 e. The fourth-order valence-electron chi connectivity index (χ4n) is 7.77. The molecule has 0 heterocycles. The standard InChI is InChI=1S/C39H66ClN9Si/c1-25-22-28(41(4)5)37(34(47(16)17)31(25)44(10)11)50(40,38-29(42(6)7)23-26(2)32(45(12)13)35(38)48(18)19)39-30(43(8)9)24-27(3)33(46(14)15)36(39)49(20)21/h22-24H,1-21H3. The van der Waals surface area contributed by atoms with E-state index in [9.17, 15) is 11.1 Å². The molecule has 0 atom stereocenters. The molecule has 3 rings (SSSR count). The minimum atomic E-state index is -3.68. The van der Waals surface area contributed by atoms with Gasteiger partial charge >= 0.3 is 0 Å². The zero-order chi connectivity index (χ0) is 38.5. The first kappa shape index (κ1) is 40.8. The lowest BCUT2D eigenvalue weighted by molar-refractivity contribution is 1.05. The number of benzene rings is 3. The highest BCUT2D eigenvalue weighted by Gasteiger charge is 2.52. The minimum Gasteiger partial charge on any atom is -0.378 e. The molecule has 0 saturated heterocycles. The molecule has 0 N–H and O–H groups in total. The van der Waals surface area contributed by atoms with Crippen molar-refractivity contribution in [2.75, 3.05) is 171 Å². The number of nitrogens with zero attached hydrogens (tertiary/aromatic N) is 9. The van der Waals surface area contributed by atoms with Crippen molar-refractivity contribution in [3.8, 4) is 0 Å². The van der Waals surface area contributed by atoms with E-state index in [1.54, 1.807) is 0 Å². The molecular weight excluding hydrogens is 658 g/mol. The van der Waals surface area contributed by atoms with E-state index in [1.807, 2.05) is 0 Å². The summed E-state index contributed by atoms with van der Waals surface area (Å²) in [5.74, 6) is 0. The molecule has 0 bridgehead atoms. The molecule has 0 fully saturated rings. The predicted octanol–water partition coefficient (Wildman–Crippen LogP) is 4.41. The van der Waals surface area contributed by atoms with Gasteiger partial charge in [0.2, 0.25) is 0 Å². The van der Waals surface area contributed by atoms with Gasteiger partial charge in [-0.25, -0.2) is 0 Å². The predicted molar refractivity (Wildman–Crippen MR) is 233 cm³/mol. The van der Waals surface area contributed by atoms with Gasteiger partial charge in [0.1, 0.15) is 0 Å². The number of rotatable bonds is 12. The van der Waals surface area contributed by atoms with Gasteiger partial charge in [-0.2, -0.15) is 0 Å². The topological polar surface area (TPSA) is 29.2 Å². The van der Waals surface area contributed by atoms with Crippen LogP contribution in [0.4, 0.5) is 51.2 Å². The van der Waals surface area contributed by atoms with E-state index in [0.717, 1.165) is 34.1 Å². The van der Waals surface area contributed by atoms with Crippen molar-refractivity contribution in [1.82, 2.24) is 0 Å². The normalized spacial score (nSPS) is 11.4. The molecule has 0 saturated carbocycles. The number of anilines is 9. The van der Waals surface area contributed by atoms with Gasteiger partial charge in [-0.15, -0.1) is 11.1 Å². The van der Waals surface area contributed by atoms with E-state index in [1.165, 1.54) is 49.3 Å². The van der Waals surface area contributed by atoms with E-state index >= 15 is 0 Å². The second kappa shape index (κ2) is 14.9. The van der Waals surface area contributed by atoms with Crippen LogP contribution in [0.3, 0.4) is 0 Å². The second-order valence-corrected chi connectivity index (χ2v) is 20.1. The molecule has 50 heavy (non-hydrogen) atoms. The molecule has 0 amide bonds. The molecular formula is C39H66ClN9Si. The zero-order valence-corrected chi connectivity index (χ0v) is 36.9. The van der Waals surface area contributed by atoms with Gasteiger partial charge in [0.15, 0.2) is 0 Å². The number of hydrogen-bond donors (Lipinski definition) is 0. The van der Waals surface area contributed by atoms with Gasteiger partial charge in [0.05, 0.1) is 34.1 Å². The molecule has 11 heteroatoms. The molecule has 0 radical (unpaired) electrons. The van der Waals surface area contributed by atoms with Gasteiger partial charge < -0.3 is 44.1 Å². The lowest BCUT2D eigenvalue weighted by Crippen LogP contribution is -2.67. The molecule has 0 aliphatic heterocycles. The second-order valence-electron chi connectivity index (χ2n) is 15.6. The minimum absolute atomic E-state index is 1.13. The first-order valence-electron chi connectivity index (χ1n) is 17.2. The Bertz CT molecular complexity index is 1510. The van der Waals surface area contributed by atoms with E-state index < -0.39 is 7.38 Å². The quantitative estimate of drug-likeness (QED) is 0.153. The Kier molecular flexibility index (Phi) is 12.2. The van der Waals surface area contributed by atoms with E-state index in [-0.39, 0.29) is 0 Å². The van der Waals surface area contributed by atoms with E-state index in [4.69, 9.17) is 0 Å². The number of aryl methyl sites for hydroxylation is 3. The lowest BCUT2D eigenvalue weighted by Gasteiger charge is -2.44. The van der Waals surface area contributed by atoms with E-state index in [2.05, 4.69) is 210 Å². The van der Waals surface area contributed by atoms with Crippen LogP contribution in [0.15, 0.2) is 18.2 Å². The van der Waals surface area contributed by atoms with Crippen molar-refractivity contribution in [2.24, 2.45) is 0 Å². The number of halogens is 1. The molecule has 278 valence electrons. The maximum Gasteiger partial charge on any atom is 0.260 e. The highest BCUT2D eigenvalue weighted by Crippen LogP contribution is 2.45. The Balaban J connectivity index is 3.14. The highest BCUT2D eigenvalue weighted by atomic mass is 35.6. The Labute approximate surface area is 310 Å². The van der Waals surface area contributed by atoms with Crippen LogP contribution < -0.4 is 59.7 Å². The van der Waals surface area contributed by atoms with Crippen molar-refractivity contribution in [1.29, 1.82) is 0 Å². The first-order chi connectivity index (χ1) is 22.9. The van der Waals surface area contributed by atoms with Gasteiger partial charge in [-0.3, -0.25) is 0 Å². The maximum atomic E-state index is 9.22. The smallest absolute Gasteiger partial charge is 0.260 e. The highest BCUT2D eigenvalue weighted by molar-refractivity contribution is 7.42. The van der Waals surface area contributed by atoms with Crippen LogP contribution in [0.2, 0.25) is 0 Å². The fourth-order valence-corrected chi connectivity index (χ4v) is 14.1. The first-order valence-corrected chi connectivity index (χ1v) is 20.2. The van der Waals surface area contributed by atoms with Crippen molar-refractivity contribution in [2.45, 2.75) is 20.8 Å². The third-order valence-corrected chi connectivity index (χ3v) is 14.7. The van der Waals surface area contributed by atoms with Crippen molar-refractivity contribution in [3.05, 3.63) is 34.9 Å². The number of hydrogen-bond acceptors (Lipinski definition) is 9. The SMILES string of the molecule is Cc1cc(N(C)C)c([Si](Cl)(c2c(N(C)C)cc(C)c(N(C)C)c2N(C)C)c2c(N(C)C)cc(C)c(N(C)C)c2N(C)C)c(N(C)C)c1N(C)C. The molecule has 3 aromatic carbocycles. The molecule has 0 aromatic heterocycles. The van der Waals surface area contributed by atoms with Crippen molar-refractivity contribution >= 4 is 85.2 Å². The van der Waals surface area contributed by atoms with Crippen LogP contribution in [0.25, 0.3) is 0 Å². The summed E-state index contributed by atoms with van der Waals surface area (Å²) in [6, 6.07) is 7.04. The Morgan fingerprint density at radius 1 is 0.320 bits per heavy atom. The molecule has 0 aliphatic rings. The fraction of sp³-hybridized carbons (Fsp3) is 0.538. The molecule has 3 aromatic rings. The van der Waals surface area contributed by atoms with Gasteiger partial charge in [-0.05, 0) is 55.7 Å². The van der Waals surface area contributed by atoms with Crippen LogP contribution in [0.5, 0.6) is 0 Å². The zero-order valence-electron chi connectivity index (χ0n) is 35.1. The average Bonchev–Trinajstić information content (AvgIpc) is 2.97. The van der Waals surface area contributed by atoms with Gasteiger partial charge in [0.25, 0.3) is 7.38 Å². The van der Waals surface area contributed by atoms with Gasteiger partial charge in [0, 0.05) is 159 Å². The monoisotopic (exact) mass is 723 g/mol. The van der Waals surface area contributed by atoms with Crippen LogP contribution in [-0.2, 0) is 0 Å². The average molecular weight is 725 g/mol. The lowest BCUT2D eigenvalue weighted by atomic mass is 10.1. The van der Waals surface area contributed by atoms with Crippen molar-refractivity contribution < 1.29 is 0 Å². The summed E-state index contributed by atoms with van der Waals surface area (Å²) >= 11 is 9.22. The summed E-state index contributed by atoms with van der Waals surface area (Å²) in [6.45, 7) is 6.65. The Morgan fingerprint density at radius 2 is 0.500 bits per heavy atom. The van der Waals surface area contributed by atoms with Crippen LogP contribution in [0, 0.1) is 20.8 Å². The van der Waals surface area contributed by atoms with Crippen LogP contribution in [-0.4, -0.2) is 134 Å². The maximum absolute atomic E-state index is 9.22. The summed E-state index contributed by atoms with van der Waals surface area (Å²) in [7, 11) is 35.1.